The van der Waals surface area contributed by atoms with E-state index in [9.17, 15) is 4.79 Å². The molecule has 138 valence electrons. The molecule has 1 aromatic rings. The van der Waals surface area contributed by atoms with Crippen molar-refractivity contribution in [3.05, 3.63) is 23.3 Å². The zero-order valence-corrected chi connectivity index (χ0v) is 15.6. The second-order valence-corrected chi connectivity index (χ2v) is 7.50. The molecule has 1 aliphatic heterocycles. The molecule has 2 heterocycles. The van der Waals surface area contributed by atoms with E-state index < -0.39 is 0 Å². The largest absolute Gasteiger partial charge is 0.382 e. The lowest BCUT2D eigenvalue weighted by Crippen LogP contribution is -2.41. The SMILES string of the molecule is COCCOCc1cnc(C)nc1C1CCN(C(=O)C2(C)CC2)CC1. The zero-order valence-electron chi connectivity index (χ0n) is 15.6. The Hall–Kier alpha value is -1.53. The summed E-state index contributed by atoms with van der Waals surface area (Å²) in [6.45, 7) is 7.32. The second kappa shape index (κ2) is 7.79. The van der Waals surface area contributed by atoms with E-state index in [0.717, 1.165) is 55.9 Å². The van der Waals surface area contributed by atoms with Gasteiger partial charge in [-0.1, -0.05) is 6.92 Å². The van der Waals surface area contributed by atoms with Gasteiger partial charge in [-0.2, -0.15) is 0 Å². The molecule has 0 aromatic carbocycles. The van der Waals surface area contributed by atoms with E-state index in [0.29, 0.717) is 31.6 Å². The summed E-state index contributed by atoms with van der Waals surface area (Å²) in [5.41, 5.74) is 2.08. The Morgan fingerprint density at radius 2 is 2.04 bits per heavy atom. The van der Waals surface area contributed by atoms with Crippen molar-refractivity contribution in [2.75, 3.05) is 33.4 Å². The highest BCUT2D eigenvalue weighted by Gasteiger charge is 2.47. The summed E-state index contributed by atoms with van der Waals surface area (Å²) in [6, 6.07) is 0. The van der Waals surface area contributed by atoms with Crippen molar-refractivity contribution < 1.29 is 14.3 Å². The standard InChI is InChI=1S/C19H29N3O3/c1-14-20-12-16(13-25-11-10-24-3)17(21-14)15-4-8-22(9-5-15)18(23)19(2)6-7-19/h12,15H,4-11,13H2,1-3H3. The zero-order chi connectivity index (χ0) is 17.9. The van der Waals surface area contributed by atoms with E-state index in [1.54, 1.807) is 7.11 Å². The average Bonchev–Trinajstić information content (AvgIpc) is 3.38. The number of carbonyl (C=O) groups excluding carboxylic acids is 1. The molecule has 6 heteroatoms. The summed E-state index contributed by atoms with van der Waals surface area (Å²) in [5.74, 6) is 1.51. The van der Waals surface area contributed by atoms with E-state index in [4.69, 9.17) is 14.5 Å². The van der Waals surface area contributed by atoms with Crippen LogP contribution in [0.1, 0.15) is 55.6 Å². The molecule has 25 heavy (non-hydrogen) atoms. The van der Waals surface area contributed by atoms with Gasteiger partial charge >= 0.3 is 0 Å². The Morgan fingerprint density at radius 1 is 1.32 bits per heavy atom. The molecule has 3 rings (SSSR count). The number of piperidine rings is 1. The van der Waals surface area contributed by atoms with Gasteiger partial charge in [0.15, 0.2) is 0 Å². The number of rotatable bonds is 7. The molecule has 0 bridgehead atoms. The minimum Gasteiger partial charge on any atom is -0.382 e. The quantitative estimate of drug-likeness (QED) is 0.709. The molecule has 0 unspecified atom stereocenters. The number of aromatic nitrogens is 2. The van der Waals surface area contributed by atoms with Crippen molar-refractivity contribution in [3.8, 4) is 0 Å². The van der Waals surface area contributed by atoms with Crippen molar-refractivity contribution in [3.63, 3.8) is 0 Å². The van der Waals surface area contributed by atoms with Gasteiger partial charge in [0.25, 0.3) is 0 Å². The fraction of sp³-hybridized carbons (Fsp3) is 0.737. The predicted octanol–water partition coefficient (Wildman–Crippen LogP) is 2.45. The number of carbonyl (C=O) groups is 1. The van der Waals surface area contributed by atoms with Crippen LogP contribution in [0.3, 0.4) is 0 Å². The number of likely N-dealkylation sites (tertiary alicyclic amines) is 1. The lowest BCUT2D eigenvalue weighted by molar-refractivity contribution is -0.137. The topological polar surface area (TPSA) is 64.6 Å². The van der Waals surface area contributed by atoms with Gasteiger partial charge in [0.1, 0.15) is 5.82 Å². The van der Waals surface area contributed by atoms with Crippen molar-refractivity contribution in [2.24, 2.45) is 5.41 Å². The Kier molecular flexibility index (Phi) is 5.69. The fourth-order valence-electron chi connectivity index (χ4n) is 3.44. The first-order valence-corrected chi connectivity index (χ1v) is 9.22. The van der Waals surface area contributed by atoms with Crippen molar-refractivity contribution >= 4 is 5.91 Å². The highest BCUT2D eigenvalue weighted by atomic mass is 16.5. The Labute approximate surface area is 149 Å². The number of nitrogens with zero attached hydrogens (tertiary/aromatic N) is 3. The Bertz CT molecular complexity index is 608. The van der Waals surface area contributed by atoms with Gasteiger partial charge in [0.2, 0.25) is 5.91 Å². The molecule has 0 radical (unpaired) electrons. The van der Waals surface area contributed by atoms with E-state index >= 15 is 0 Å². The van der Waals surface area contributed by atoms with Crippen LogP contribution in [0.15, 0.2) is 6.20 Å². The number of hydrogen-bond acceptors (Lipinski definition) is 5. The summed E-state index contributed by atoms with van der Waals surface area (Å²) >= 11 is 0. The number of hydrogen-bond donors (Lipinski definition) is 0. The van der Waals surface area contributed by atoms with Crippen LogP contribution in [0.2, 0.25) is 0 Å². The molecule has 0 spiro atoms. The van der Waals surface area contributed by atoms with Gasteiger partial charge in [0.05, 0.1) is 25.5 Å². The summed E-state index contributed by atoms with van der Waals surface area (Å²) in [7, 11) is 1.67. The normalized spacial score (nSPS) is 19.9. The van der Waals surface area contributed by atoms with E-state index in [1.807, 2.05) is 18.0 Å². The van der Waals surface area contributed by atoms with Crippen LogP contribution < -0.4 is 0 Å². The van der Waals surface area contributed by atoms with Gasteiger partial charge < -0.3 is 14.4 Å². The molecule has 2 fully saturated rings. The van der Waals surface area contributed by atoms with Crippen LogP contribution >= 0.6 is 0 Å². The van der Waals surface area contributed by atoms with Crippen molar-refractivity contribution in [1.29, 1.82) is 0 Å². The lowest BCUT2D eigenvalue weighted by atomic mass is 9.90. The summed E-state index contributed by atoms with van der Waals surface area (Å²) in [4.78, 5) is 23.6. The smallest absolute Gasteiger partial charge is 0.228 e. The number of amides is 1. The fourth-order valence-corrected chi connectivity index (χ4v) is 3.44. The van der Waals surface area contributed by atoms with Gasteiger partial charge in [-0.3, -0.25) is 4.79 Å². The average molecular weight is 347 g/mol. The highest BCUT2D eigenvalue weighted by molar-refractivity contribution is 5.85. The maximum atomic E-state index is 12.5. The molecular weight excluding hydrogens is 318 g/mol. The number of aryl methyl sites for hydroxylation is 1. The first-order chi connectivity index (χ1) is 12.0. The van der Waals surface area contributed by atoms with Gasteiger partial charge in [-0.25, -0.2) is 9.97 Å². The van der Waals surface area contributed by atoms with Crippen LogP contribution in [0.4, 0.5) is 0 Å². The highest BCUT2D eigenvalue weighted by Crippen LogP contribution is 2.47. The minimum atomic E-state index is -0.0707. The van der Waals surface area contributed by atoms with E-state index in [1.165, 1.54) is 0 Å². The third kappa shape index (κ3) is 4.36. The first-order valence-electron chi connectivity index (χ1n) is 9.22. The van der Waals surface area contributed by atoms with Crippen LogP contribution in [0, 0.1) is 12.3 Å². The lowest BCUT2D eigenvalue weighted by Gasteiger charge is -2.34. The van der Waals surface area contributed by atoms with Crippen molar-refractivity contribution in [1.82, 2.24) is 14.9 Å². The summed E-state index contributed by atoms with van der Waals surface area (Å²) in [5, 5.41) is 0. The summed E-state index contributed by atoms with van der Waals surface area (Å²) < 4.78 is 10.7. The van der Waals surface area contributed by atoms with Crippen LogP contribution in [0.25, 0.3) is 0 Å². The number of methoxy groups -OCH3 is 1. The Balaban J connectivity index is 1.61. The van der Waals surface area contributed by atoms with Crippen LogP contribution in [-0.2, 0) is 20.9 Å². The maximum absolute atomic E-state index is 12.5. The number of ether oxygens (including phenoxy) is 2. The van der Waals surface area contributed by atoms with E-state index in [-0.39, 0.29) is 5.41 Å². The summed E-state index contributed by atoms with van der Waals surface area (Å²) in [6.07, 6.45) is 5.89. The molecule has 1 saturated heterocycles. The van der Waals surface area contributed by atoms with Gasteiger partial charge in [0, 0.05) is 43.3 Å². The molecule has 1 amide bonds. The molecule has 0 N–H and O–H groups in total. The molecular formula is C19H29N3O3. The molecule has 1 aliphatic carbocycles. The van der Waals surface area contributed by atoms with E-state index in [2.05, 4.69) is 11.9 Å². The second-order valence-electron chi connectivity index (χ2n) is 7.50. The van der Waals surface area contributed by atoms with Gasteiger partial charge in [-0.05, 0) is 32.6 Å². The molecule has 1 saturated carbocycles. The monoisotopic (exact) mass is 347 g/mol. The molecule has 0 atom stereocenters. The molecule has 2 aliphatic rings. The van der Waals surface area contributed by atoms with Crippen LogP contribution in [-0.4, -0.2) is 54.2 Å². The third-order valence-electron chi connectivity index (χ3n) is 5.39. The van der Waals surface area contributed by atoms with Crippen molar-refractivity contribution in [2.45, 2.75) is 52.1 Å². The third-order valence-corrected chi connectivity index (χ3v) is 5.39. The molecule has 1 aromatic heterocycles. The first kappa shape index (κ1) is 18.3. The maximum Gasteiger partial charge on any atom is 0.228 e. The van der Waals surface area contributed by atoms with Crippen LogP contribution in [0.5, 0.6) is 0 Å². The Morgan fingerprint density at radius 3 is 2.68 bits per heavy atom. The van der Waals surface area contributed by atoms with Gasteiger partial charge in [-0.15, -0.1) is 0 Å². The predicted molar refractivity (Wildman–Crippen MR) is 94.2 cm³/mol. The minimum absolute atomic E-state index is 0.0707. The molecule has 6 nitrogen and oxygen atoms in total.